The number of thioether (sulfide) groups is 1. The van der Waals surface area contributed by atoms with Gasteiger partial charge in [0.25, 0.3) is 0 Å². The number of rotatable bonds is 5. The average molecular weight is 408 g/mol. The van der Waals surface area contributed by atoms with Gasteiger partial charge < -0.3 is 10.1 Å². The molecule has 2 aliphatic rings. The minimum absolute atomic E-state index is 0.135. The number of aromatic amines is 1. The first-order valence-electron chi connectivity index (χ1n) is 10.2. The van der Waals surface area contributed by atoms with Crippen LogP contribution in [0.25, 0.3) is 5.57 Å². The smallest absolute Gasteiger partial charge is 0.202 e. The standard InChI is InChI=1S/C23H25N3O2S/c24-14-19-15-25-22(26-19)21(27)12-17-6-7-18(23(28)8-10-29-11-9-23)13-20(17)16-4-2-1-3-5-16/h4,6-7,13,15,28H,1-3,5,8-12H2,(H,25,26). The van der Waals surface area contributed by atoms with E-state index in [4.69, 9.17) is 5.26 Å². The molecule has 2 heterocycles. The Kier molecular flexibility index (Phi) is 5.89. The van der Waals surface area contributed by atoms with E-state index >= 15 is 0 Å². The minimum Gasteiger partial charge on any atom is -0.385 e. The normalized spacial score (nSPS) is 18.7. The first-order valence-corrected chi connectivity index (χ1v) is 11.4. The zero-order valence-electron chi connectivity index (χ0n) is 16.4. The molecule has 5 nitrogen and oxygen atoms in total. The Morgan fingerprint density at radius 3 is 2.83 bits per heavy atom. The molecule has 0 amide bonds. The molecule has 1 saturated heterocycles. The van der Waals surface area contributed by atoms with Crippen molar-refractivity contribution < 1.29 is 9.90 Å². The van der Waals surface area contributed by atoms with Crippen molar-refractivity contribution in [1.82, 2.24) is 9.97 Å². The SMILES string of the molecule is N#Cc1cnc(C(=O)Cc2ccc(C3(O)CCSCC3)cc2C2=CCCCC2)[nH]1. The van der Waals surface area contributed by atoms with Crippen molar-refractivity contribution >= 4 is 23.1 Å². The summed E-state index contributed by atoms with van der Waals surface area (Å²) in [6.45, 7) is 0. The highest BCUT2D eigenvalue weighted by atomic mass is 32.2. The fourth-order valence-electron chi connectivity index (χ4n) is 4.18. The molecule has 2 aromatic rings. The molecule has 0 radical (unpaired) electrons. The average Bonchev–Trinajstić information content (AvgIpc) is 3.25. The molecule has 0 bridgehead atoms. The quantitative estimate of drug-likeness (QED) is 0.718. The van der Waals surface area contributed by atoms with E-state index in [0.29, 0.717) is 0 Å². The van der Waals surface area contributed by atoms with Crippen molar-refractivity contribution in [2.75, 3.05) is 11.5 Å². The van der Waals surface area contributed by atoms with Crippen molar-refractivity contribution in [3.05, 3.63) is 58.7 Å². The third kappa shape index (κ3) is 4.31. The van der Waals surface area contributed by atoms with Gasteiger partial charge in [-0.15, -0.1) is 0 Å². The maximum absolute atomic E-state index is 12.8. The summed E-state index contributed by atoms with van der Waals surface area (Å²) < 4.78 is 0. The molecule has 0 saturated carbocycles. The lowest BCUT2D eigenvalue weighted by Crippen LogP contribution is -2.30. The highest BCUT2D eigenvalue weighted by molar-refractivity contribution is 7.99. The largest absolute Gasteiger partial charge is 0.385 e. The summed E-state index contributed by atoms with van der Waals surface area (Å²) in [4.78, 5) is 19.6. The molecule has 1 aromatic heterocycles. The van der Waals surface area contributed by atoms with Crippen LogP contribution in [0.4, 0.5) is 0 Å². The predicted octanol–water partition coefficient (Wildman–Crippen LogP) is 4.38. The van der Waals surface area contributed by atoms with Crippen LogP contribution in [0.5, 0.6) is 0 Å². The van der Waals surface area contributed by atoms with Gasteiger partial charge in [0.1, 0.15) is 11.8 Å². The van der Waals surface area contributed by atoms with Gasteiger partial charge in [0.15, 0.2) is 5.82 Å². The number of aromatic nitrogens is 2. The highest BCUT2D eigenvalue weighted by Crippen LogP contribution is 2.38. The molecule has 2 N–H and O–H groups in total. The second-order valence-electron chi connectivity index (χ2n) is 7.85. The molecule has 1 aliphatic carbocycles. The molecule has 29 heavy (non-hydrogen) atoms. The number of nitrogens with one attached hydrogen (secondary N) is 1. The van der Waals surface area contributed by atoms with Crippen LogP contribution in [0.15, 0.2) is 30.5 Å². The lowest BCUT2D eigenvalue weighted by atomic mass is 9.82. The number of hydrogen-bond acceptors (Lipinski definition) is 5. The number of benzene rings is 1. The summed E-state index contributed by atoms with van der Waals surface area (Å²) >= 11 is 1.89. The number of imidazole rings is 1. The molecule has 0 atom stereocenters. The van der Waals surface area contributed by atoms with Crippen molar-refractivity contribution in [3.63, 3.8) is 0 Å². The van der Waals surface area contributed by atoms with Crippen LogP contribution in [-0.2, 0) is 12.0 Å². The zero-order chi connectivity index (χ0) is 20.3. The minimum atomic E-state index is -0.777. The second-order valence-corrected chi connectivity index (χ2v) is 9.07. The van der Waals surface area contributed by atoms with Crippen molar-refractivity contribution in [1.29, 1.82) is 5.26 Å². The maximum atomic E-state index is 12.8. The molecule has 1 aromatic carbocycles. The Bertz CT molecular complexity index is 980. The number of allylic oxidation sites excluding steroid dienone is 2. The molecule has 4 rings (SSSR count). The van der Waals surface area contributed by atoms with E-state index in [0.717, 1.165) is 60.3 Å². The van der Waals surface area contributed by atoms with Crippen molar-refractivity contribution in [2.24, 2.45) is 0 Å². The Hall–Kier alpha value is -2.36. The molecular formula is C23H25N3O2S. The van der Waals surface area contributed by atoms with Crippen molar-refractivity contribution in [2.45, 2.75) is 50.5 Å². The zero-order valence-corrected chi connectivity index (χ0v) is 17.2. The highest BCUT2D eigenvalue weighted by Gasteiger charge is 2.32. The fraction of sp³-hybridized carbons (Fsp3) is 0.435. The lowest BCUT2D eigenvalue weighted by molar-refractivity contribution is 0.0280. The molecule has 150 valence electrons. The molecule has 0 spiro atoms. The van der Waals surface area contributed by atoms with Gasteiger partial charge >= 0.3 is 0 Å². The van der Waals surface area contributed by atoms with E-state index in [1.165, 1.54) is 18.2 Å². The van der Waals surface area contributed by atoms with E-state index in [-0.39, 0.29) is 23.7 Å². The van der Waals surface area contributed by atoms with Gasteiger partial charge in [-0.05, 0) is 78.4 Å². The van der Waals surface area contributed by atoms with E-state index in [1.807, 2.05) is 30.0 Å². The van der Waals surface area contributed by atoms with E-state index in [1.54, 1.807) is 0 Å². The van der Waals surface area contributed by atoms with Gasteiger partial charge in [0.2, 0.25) is 5.78 Å². The Labute approximate surface area is 175 Å². The molecule has 1 fully saturated rings. The number of aliphatic hydroxyl groups is 1. The van der Waals surface area contributed by atoms with Crippen LogP contribution in [-0.4, -0.2) is 32.4 Å². The summed E-state index contributed by atoms with van der Waals surface area (Å²) in [6.07, 6.45) is 9.80. The van der Waals surface area contributed by atoms with Crippen molar-refractivity contribution in [3.8, 4) is 6.07 Å². The topological polar surface area (TPSA) is 89.8 Å². The van der Waals surface area contributed by atoms with Crippen LogP contribution in [0, 0.1) is 11.3 Å². The van der Waals surface area contributed by atoms with Crippen LogP contribution in [0.2, 0.25) is 0 Å². The predicted molar refractivity (Wildman–Crippen MR) is 115 cm³/mol. The van der Waals surface area contributed by atoms with Gasteiger partial charge in [-0.1, -0.05) is 18.2 Å². The number of hydrogen-bond donors (Lipinski definition) is 2. The number of ketones is 1. The number of nitriles is 1. The molecular weight excluding hydrogens is 382 g/mol. The molecule has 1 aliphatic heterocycles. The third-order valence-corrected chi connectivity index (χ3v) is 6.90. The number of carbonyl (C=O) groups excluding carboxylic acids is 1. The summed E-state index contributed by atoms with van der Waals surface area (Å²) in [6, 6.07) is 8.05. The summed E-state index contributed by atoms with van der Waals surface area (Å²) in [5.41, 5.74) is 3.77. The van der Waals surface area contributed by atoms with Crippen LogP contribution in [0.1, 0.15) is 71.5 Å². The summed E-state index contributed by atoms with van der Waals surface area (Å²) in [5, 5.41) is 20.2. The Balaban J connectivity index is 1.68. The van der Waals surface area contributed by atoms with Crippen LogP contribution in [0.3, 0.4) is 0 Å². The number of H-pyrrole nitrogens is 1. The molecule has 0 unspecified atom stereocenters. The fourth-order valence-corrected chi connectivity index (χ4v) is 5.34. The van der Waals surface area contributed by atoms with Gasteiger partial charge in [-0.3, -0.25) is 4.79 Å². The van der Waals surface area contributed by atoms with Gasteiger partial charge in [-0.2, -0.15) is 17.0 Å². The van der Waals surface area contributed by atoms with Crippen LogP contribution < -0.4 is 0 Å². The van der Waals surface area contributed by atoms with E-state index in [9.17, 15) is 9.90 Å². The van der Waals surface area contributed by atoms with Gasteiger partial charge in [0.05, 0.1) is 11.8 Å². The second kappa shape index (κ2) is 8.56. The van der Waals surface area contributed by atoms with E-state index in [2.05, 4.69) is 22.1 Å². The molecule has 6 heteroatoms. The van der Waals surface area contributed by atoms with E-state index < -0.39 is 5.60 Å². The number of Topliss-reactive ketones (excluding diaryl/α,β-unsaturated/α-hetero) is 1. The number of carbonyl (C=O) groups is 1. The third-order valence-electron chi connectivity index (χ3n) is 5.92. The number of nitrogens with zero attached hydrogens (tertiary/aromatic N) is 2. The van der Waals surface area contributed by atoms with Gasteiger partial charge in [-0.25, -0.2) is 4.98 Å². The maximum Gasteiger partial charge on any atom is 0.202 e. The van der Waals surface area contributed by atoms with Crippen LogP contribution >= 0.6 is 11.8 Å². The summed E-state index contributed by atoms with van der Waals surface area (Å²) in [5.74, 6) is 2.02. The Morgan fingerprint density at radius 2 is 2.14 bits per heavy atom. The Morgan fingerprint density at radius 1 is 1.31 bits per heavy atom. The van der Waals surface area contributed by atoms with Gasteiger partial charge in [0, 0.05) is 6.42 Å². The first-order chi connectivity index (χ1) is 14.1. The summed E-state index contributed by atoms with van der Waals surface area (Å²) in [7, 11) is 0. The first kappa shape index (κ1) is 19.9. The lowest BCUT2D eigenvalue weighted by Gasteiger charge is -2.33. The monoisotopic (exact) mass is 407 g/mol.